The molecule has 0 amide bonds. The molecule has 2 heteroatoms. The third-order valence-corrected chi connectivity index (χ3v) is 4.14. The monoisotopic (exact) mass is 212 g/mol. The van der Waals surface area contributed by atoms with Crippen LogP contribution >= 0.6 is 0 Å². The van der Waals surface area contributed by atoms with Gasteiger partial charge in [-0.15, -0.1) is 0 Å². The highest BCUT2D eigenvalue weighted by Gasteiger charge is 2.41. The maximum Gasteiger partial charge on any atom is 0.0615 e. The van der Waals surface area contributed by atoms with Crippen molar-refractivity contribution >= 4 is 0 Å². The first-order chi connectivity index (χ1) is 7.06. The third-order valence-electron chi connectivity index (χ3n) is 4.14. The molecule has 1 fully saturated rings. The van der Waals surface area contributed by atoms with Gasteiger partial charge in [0.1, 0.15) is 0 Å². The van der Waals surface area contributed by atoms with Crippen LogP contribution in [0.15, 0.2) is 11.6 Å². The van der Waals surface area contributed by atoms with Gasteiger partial charge in [0.2, 0.25) is 0 Å². The minimum Gasteiger partial charge on any atom is -0.393 e. The lowest BCUT2D eigenvalue weighted by Crippen LogP contribution is -2.41. The summed E-state index contributed by atoms with van der Waals surface area (Å²) < 4.78 is 0. The zero-order valence-electron chi connectivity index (χ0n) is 10.2. The van der Waals surface area contributed by atoms with Crippen molar-refractivity contribution in [1.29, 1.82) is 0 Å². The van der Waals surface area contributed by atoms with Crippen LogP contribution in [0, 0.1) is 11.3 Å². The normalized spacial score (nSPS) is 36.9. The van der Waals surface area contributed by atoms with Gasteiger partial charge in [-0.2, -0.15) is 0 Å². The van der Waals surface area contributed by atoms with Gasteiger partial charge in [-0.1, -0.05) is 25.5 Å². The van der Waals surface area contributed by atoms with Gasteiger partial charge < -0.3 is 10.2 Å². The summed E-state index contributed by atoms with van der Waals surface area (Å²) in [5, 5.41) is 18.9. The first-order valence-electron chi connectivity index (χ1n) is 6.04. The quantitative estimate of drug-likeness (QED) is 0.706. The number of aliphatic hydroxyl groups excluding tert-OH is 2. The molecule has 0 bridgehead atoms. The minimum absolute atomic E-state index is 0.00595. The molecule has 0 radical (unpaired) electrons. The van der Waals surface area contributed by atoms with E-state index in [1.165, 1.54) is 5.57 Å². The molecule has 0 aliphatic heterocycles. The Kier molecular flexibility index (Phi) is 4.35. The zero-order chi connectivity index (χ0) is 11.5. The van der Waals surface area contributed by atoms with Gasteiger partial charge in [0.05, 0.1) is 12.7 Å². The van der Waals surface area contributed by atoms with Crippen molar-refractivity contribution in [2.24, 2.45) is 11.3 Å². The number of allylic oxidation sites excluding steroid dienone is 1. The Balaban J connectivity index is 2.94. The van der Waals surface area contributed by atoms with Crippen molar-refractivity contribution in [3.05, 3.63) is 11.6 Å². The molecule has 15 heavy (non-hydrogen) atoms. The lowest BCUT2D eigenvalue weighted by atomic mass is 9.61. The van der Waals surface area contributed by atoms with Crippen molar-refractivity contribution < 1.29 is 10.2 Å². The molecule has 1 saturated carbocycles. The number of hydrogen-bond donors (Lipinski definition) is 2. The van der Waals surface area contributed by atoms with Gasteiger partial charge in [0.25, 0.3) is 0 Å². The lowest BCUT2D eigenvalue weighted by molar-refractivity contribution is -0.00404. The van der Waals surface area contributed by atoms with Crippen LogP contribution in [0.3, 0.4) is 0 Å². The maximum atomic E-state index is 9.93. The second-order valence-electron chi connectivity index (χ2n) is 4.96. The summed E-state index contributed by atoms with van der Waals surface area (Å²) in [6.07, 6.45) is 6.02. The van der Waals surface area contributed by atoms with Crippen LogP contribution in [0.25, 0.3) is 0 Å². The molecule has 88 valence electrons. The van der Waals surface area contributed by atoms with Crippen LogP contribution in [-0.2, 0) is 0 Å². The smallest absolute Gasteiger partial charge is 0.0615 e. The van der Waals surface area contributed by atoms with Crippen LogP contribution < -0.4 is 0 Å². The fourth-order valence-corrected chi connectivity index (χ4v) is 3.04. The Morgan fingerprint density at radius 1 is 1.60 bits per heavy atom. The molecule has 0 aromatic rings. The molecule has 1 aliphatic rings. The molecule has 0 aromatic heterocycles. The predicted molar refractivity (Wildman–Crippen MR) is 62.6 cm³/mol. The van der Waals surface area contributed by atoms with Crippen molar-refractivity contribution in [2.45, 2.75) is 52.6 Å². The Morgan fingerprint density at radius 2 is 2.27 bits per heavy atom. The van der Waals surface area contributed by atoms with E-state index in [9.17, 15) is 5.11 Å². The average Bonchev–Trinajstić information content (AvgIpc) is 2.18. The van der Waals surface area contributed by atoms with Crippen LogP contribution in [0.2, 0.25) is 0 Å². The Bertz CT molecular complexity index is 233. The SMILES string of the molecule is CCC1/C(=C/CO)CCCC1(C)C(C)O. The largest absolute Gasteiger partial charge is 0.393 e. The van der Waals surface area contributed by atoms with E-state index in [-0.39, 0.29) is 18.1 Å². The summed E-state index contributed by atoms with van der Waals surface area (Å²) in [5.74, 6) is 0.429. The molecule has 2 N–H and O–H groups in total. The summed E-state index contributed by atoms with van der Waals surface area (Å²) in [5.41, 5.74) is 1.34. The number of hydrogen-bond acceptors (Lipinski definition) is 2. The fraction of sp³-hybridized carbons (Fsp3) is 0.846. The molecule has 0 saturated heterocycles. The van der Waals surface area contributed by atoms with Gasteiger partial charge in [0, 0.05) is 0 Å². The minimum atomic E-state index is -0.273. The first kappa shape index (κ1) is 12.7. The van der Waals surface area contributed by atoms with E-state index in [1.807, 2.05) is 13.0 Å². The fourth-order valence-electron chi connectivity index (χ4n) is 3.04. The average molecular weight is 212 g/mol. The summed E-state index contributed by atoms with van der Waals surface area (Å²) >= 11 is 0. The van der Waals surface area contributed by atoms with Gasteiger partial charge in [-0.25, -0.2) is 0 Å². The standard InChI is InChI=1S/C13H24O2/c1-4-12-11(7-9-14)6-5-8-13(12,3)10(2)15/h7,10,12,14-15H,4-6,8-9H2,1-3H3/b11-7+. The summed E-state index contributed by atoms with van der Waals surface area (Å²) in [4.78, 5) is 0. The highest BCUT2D eigenvalue weighted by molar-refractivity contribution is 5.15. The Hall–Kier alpha value is -0.340. The number of rotatable bonds is 3. The van der Waals surface area contributed by atoms with E-state index in [2.05, 4.69) is 13.8 Å². The predicted octanol–water partition coefficient (Wildman–Crippen LogP) is 2.50. The molecular weight excluding hydrogens is 188 g/mol. The molecule has 0 heterocycles. The molecule has 3 atom stereocenters. The first-order valence-corrected chi connectivity index (χ1v) is 6.04. The van der Waals surface area contributed by atoms with E-state index in [1.54, 1.807) is 0 Å². The van der Waals surface area contributed by atoms with Crippen molar-refractivity contribution in [3.63, 3.8) is 0 Å². The summed E-state index contributed by atoms with van der Waals surface area (Å²) in [6, 6.07) is 0. The molecule has 1 rings (SSSR count). The van der Waals surface area contributed by atoms with E-state index in [0.717, 1.165) is 25.7 Å². The molecular formula is C13H24O2. The maximum absolute atomic E-state index is 9.93. The second kappa shape index (κ2) is 5.13. The van der Waals surface area contributed by atoms with Crippen LogP contribution in [-0.4, -0.2) is 22.9 Å². The molecule has 3 unspecified atom stereocenters. The molecule has 2 nitrogen and oxygen atoms in total. The zero-order valence-corrected chi connectivity index (χ0v) is 10.2. The van der Waals surface area contributed by atoms with E-state index in [0.29, 0.717) is 5.92 Å². The van der Waals surface area contributed by atoms with Gasteiger partial charge in [0.15, 0.2) is 0 Å². The molecule has 0 spiro atoms. The van der Waals surface area contributed by atoms with Crippen LogP contribution in [0.4, 0.5) is 0 Å². The van der Waals surface area contributed by atoms with Crippen LogP contribution in [0.1, 0.15) is 46.5 Å². The lowest BCUT2D eigenvalue weighted by Gasteiger charge is -2.45. The van der Waals surface area contributed by atoms with E-state index < -0.39 is 0 Å². The van der Waals surface area contributed by atoms with Gasteiger partial charge in [-0.3, -0.25) is 0 Å². The summed E-state index contributed by atoms with van der Waals surface area (Å²) in [6.45, 7) is 6.37. The molecule has 1 aliphatic carbocycles. The van der Waals surface area contributed by atoms with Gasteiger partial charge in [-0.05, 0) is 43.9 Å². The van der Waals surface area contributed by atoms with Crippen LogP contribution in [0.5, 0.6) is 0 Å². The highest BCUT2D eigenvalue weighted by atomic mass is 16.3. The van der Waals surface area contributed by atoms with Crippen molar-refractivity contribution in [3.8, 4) is 0 Å². The number of aliphatic hydroxyl groups is 2. The highest BCUT2D eigenvalue weighted by Crippen LogP contribution is 2.47. The Morgan fingerprint density at radius 3 is 2.73 bits per heavy atom. The van der Waals surface area contributed by atoms with Crippen molar-refractivity contribution in [1.82, 2.24) is 0 Å². The van der Waals surface area contributed by atoms with Gasteiger partial charge >= 0.3 is 0 Å². The van der Waals surface area contributed by atoms with E-state index >= 15 is 0 Å². The second-order valence-corrected chi connectivity index (χ2v) is 4.96. The van der Waals surface area contributed by atoms with E-state index in [4.69, 9.17) is 5.11 Å². The summed E-state index contributed by atoms with van der Waals surface area (Å²) in [7, 11) is 0. The van der Waals surface area contributed by atoms with Crippen molar-refractivity contribution in [2.75, 3.05) is 6.61 Å². The Labute approximate surface area is 93.0 Å². The molecule has 0 aromatic carbocycles. The topological polar surface area (TPSA) is 40.5 Å². The third kappa shape index (κ3) is 2.43.